The summed E-state index contributed by atoms with van der Waals surface area (Å²) in [5.41, 5.74) is 0.696. The summed E-state index contributed by atoms with van der Waals surface area (Å²) >= 11 is 0. The second kappa shape index (κ2) is 9.13. The predicted octanol–water partition coefficient (Wildman–Crippen LogP) is 4.63. The third-order valence-electron chi connectivity index (χ3n) is 4.68. The lowest BCUT2D eigenvalue weighted by molar-refractivity contribution is 0.0638. The highest BCUT2D eigenvalue weighted by Crippen LogP contribution is 2.22. The molecule has 0 aliphatic heterocycles. The maximum atomic E-state index is 13.1. The van der Waals surface area contributed by atoms with Crippen molar-refractivity contribution in [3.8, 4) is 5.75 Å². The molecular formula is C22H22FNO5S. The number of hydrogen-bond donors (Lipinski definition) is 0. The summed E-state index contributed by atoms with van der Waals surface area (Å²) < 4.78 is 48.4. The Labute approximate surface area is 175 Å². The van der Waals surface area contributed by atoms with E-state index in [4.69, 9.17) is 8.60 Å². The summed E-state index contributed by atoms with van der Waals surface area (Å²) in [4.78, 5) is 14.3. The van der Waals surface area contributed by atoms with E-state index in [0.717, 1.165) is 30.7 Å². The van der Waals surface area contributed by atoms with Gasteiger partial charge >= 0.3 is 10.1 Å². The summed E-state index contributed by atoms with van der Waals surface area (Å²) in [7, 11) is -4.11. The Hall–Kier alpha value is -3.13. The number of carbonyl (C=O) groups excluding carboxylic acids is 1. The van der Waals surface area contributed by atoms with Crippen LogP contribution in [0.5, 0.6) is 5.75 Å². The molecule has 1 heterocycles. The van der Waals surface area contributed by atoms with Crippen molar-refractivity contribution >= 4 is 16.0 Å². The highest BCUT2D eigenvalue weighted by molar-refractivity contribution is 7.87. The number of amides is 1. The molecule has 0 saturated heterocycles. The van der Waals surface area contributed by atoms with E-state index in [0.29, 0.717) is 5.56 Å². The second-order valence-corrected chi connectivity index (χ2v) is 8.35. The van der Waals surface area contributed by atoms with Crippen LogP contribution in [-0.4, -0.2) is 25.3 Å². The molecule has 3 aromatic rings. The molecule has 0 radical (unpaired) electrons. The summed E-state index contributed by atoms with van der Waals surface area (Å²) in [6.45, 7) is 4.16. The van der Waals surface area contributed by atoms with Gasteiger partial charge in [-0.1, -0.05) is 19.1 Å². The van der Waals surface area contributed by atoms with Gasteiger partial charge in [-0.05, 0) is 67.4 Å². The number of rotatable bonds is 8. The van der Waals surface area contributed by atoms with Crippen LogP contribution in [0.15, 0.2) is 76.2 Å². The fourth-order valence-electron chi connectivity index (χ4n) is 2.86. The molecule has 158 valence electrons. The number of furan rings is 1. The van der Waals surface area contributed by atoms with Gasteiger partial charge in [0.15, 0.2) is 5.76 Å². The lowest BCUT2D eigenvalue weighted by Gasteiger charge is -2.28. The van der Waals surface area contributed by atoms with Gasteiger partial charge in [0, 0.05) is 12.6 Å². The van der Waals surface area contributed by atoms with Crippen LogP contribution in [0.4, 0.5) is 4.39 Å². The van der Waals surface area contributed by atoms with Crippen LogP contribution >= 0.6 is 0 Å². The summed E-state index contributed by atoms with van der Waals surface area (Å²) in [5, 5.41) is 0. The van der Waals surface area contributed by atoms with Crippen molar-refractivity contribution in [1.82, 2.24) is 4.90 Å². The minimum Gasteiger partial charge on any atom is -0.459 e. The molecule has 1 unspecified atom stereocenters. The highest BCUT2D eigenvalue weighted by Gasteiger charge is 2.23. The lowest BCUT2D eigenvalue weighted by atomic mass is 10.1. The lowest BCUT2D eigenvalue weighted by Crippen LogP contribution is -2.37. The molecule has 0 spiro atoms. The van der Waals surface area contributed by atoms with Crippen molar-refractivity contribution in [3.63, 3.8) is 0 Å². The van der Waals surface area contributed by atoms with E-state index in [1.165, 1.54) is 12.3 Å². The van der Waals surface area contributed by atoms with E-state index in [2.05, 4.69) is 0 Å². The van der Waals surface area contributed by atoms with E-state index in [-0.39, 0.29) is 34.9 Å². The van der Waals surface area contributed by atoms with Crippen LogP contribution in [0.1, 0.15) is 36.4 Å². The minimum atomic E-state index is -4.11. The quantitative estimate of drug-likeness (QED) is 0.486. The van der Waals surface area contributed by atoms with Gasteiger partial charge in [-0.25, -0.2) is 4.39 Å². The first-order valence-corrected chi connectivity index (χ1v) is 10.8. The number of nitrogens with zero attached hydrogens (tertiary/aromatic N) is 1. The third-order valence-corrected chi connectivity index (χ3v) is 5.94. The molecule has 0 saturated carbocycles. The Kier molecular flexibility index (Phi) is 6.56. The molecule has 1 amide bonds. The van der Waals surface area contributed by atoms with Gasteiger partial charge in [-0.3, -0.25) is 4.79 Å². The van der Waals surface area contributed by atoms with Crippen molar-refractivity contribution in [2.24, 2.45) is 0 Å². The van der Waals surface area contributed by atoms with Crippen LogP contribution in [0.3, 0.4) is 0 Å². The molecule has 1 atom stereocenters. The van der Waals surface area contributed by atoms with Crippen LogP contribution in [0, 0.1) is 5.82 Å². The monoisotopic (exact) mass is 431 g/mol. The normalized spacial score (nSPS) is 12.4. The van der Waals surface area contributed by atoms with Gasteiger partial charge in [0.2, 0.25) is 0 Å². The van der Waals surface area contributed by atoms with Gasteiger partial charge in [0.05, 0.1) is 6.26 Å². The predicted molar refractivity (Wildman–Crippen MR) is 109 cm³/mol. The average molecular weight is 431 g/mol. The molecule has 30 heavy (non-hydrogen) atoms. The Balaban J connectivity index is 1.81. The fraction of sp³-hybridized carbons (Fsp3) is 0.227. The van der Waals surface area contributed by atoms with Crippen molar-refractivity contribution in [2.75, 3.05) is 0 Å². The Bertz CT molecular complexity index is 1090. The van der Waals surface area contributed by atoms with Gasteiger partial charge in [-0.2, -0.15) is 8.42 Å². The van der Waals surface area contributed by atoms with Gasteiger partial charge in [0.25, 0.3) is 5.91 Å². The summed E-state index contributed by atoms with van der Waals surface area (Å²) in [5.74, 6) is -0.449. The van der Waals surface area contributed by atoms with E-state index < -0.39 is 15.9 Å². The molecular weight excluding hydrogens is 409 g/mol. The van der Waals surface area contributed by atoms with Crippen molar-refractivity contribution < 1.29 is 26.2 Å². The zero-order valence-electron chi connectivity index (χ0n) is 16.6. The molecule has 0 bridgehead atoms. The van der Waals surface area contributed by atoms with Crippen LogP contribution < -0.4 is 4.18 Å². The van der Waals surface area contributed by atoms with Crippen LogP contribution in [-0.2, 0) is 16.7 Å². The van der Waals surface area contributed by atoms with Crippen molar-refractivity contribution in [2.45, 2.75) is 37.8 Å². The largest absolute Gasteiger partial charge is 0.459 e. The molecule has 0 N–H and O–H groups in total. The van der Waals surface area contributed by atoms with E-state index in [1.807, 2.05) is 13.8 Å². The Morgan fingerprint density at radius 1 is 1.13 bits per heavy atom. The minimum absolute atomic E-state index is 0.0601. The van der Waals surface area contributed by atoms with Crippen LogP contribution in [0.2, 0.25) is 0 Å². The number of carbonyl (C=O) groups is 1. The standard InChI is InChI=1S/C22H22FNO5S/c1-3-16(2)24(22(25)21-8-5-13-28-21)15-17-6-4-7-19(14-17)29-30(26,27)20-11-9-18(23)10-12-20/h4-14,16H,3,15H2,1-2H3. The van der Waals surface area contributed by atoms with E-state index in [1.54, 1.807) is 35.2 Å². The van der Waals surface area contributed by atoms with Crippen LogP contribution in [0.25, 0.3) is 0 Å². The fourth-order valence-corrected chi connectivity index (χ4v) is 3.78. The topological polar surface area (TPSA) is 76.8 Å². The Morgan fingerprint density at radius 2 is 1.87 bits per heavy atom. The van der Waals surface area contributed by atoms with Crippen molar-refractivity contribution in [3.05, 3.63) is 84.1 Å². The molecule has 3 rings (SSSR count). The molecule has 2 aromatic carbocycles. The molecule has 1 aromatic heterocycles. The summed E-state index contributed by atoms with van der Waals surface area (Å²) in [6, 6.07) is 14.1. The van der Waals surface area contributed by atoms with Gasteiger partial charge in [0.1, 0.15) is 16.5 Å². The maximum Gasteiger partial charge on any atom is 0.339 e. The zero-order chi connectivity index (χ0) is 21.7. The van der Waals surface area contributed by atoms with E-state index in [9.17, 15) is 17.6 Å². The first-order chi connectivity index (χ1) is 14.3. The zero-order valence-corrected chi connectivity index (χ0v) is 17.4. The maximum absolute atomic E-state index is 13.1. The SMILES string of the molecule is CCC(C)N(Cc1cccc(OS(=O)(=O)c2ccc(F)cc2)c1)C(=O)c1ccco1. The Morgan fingerprint density at radius 3 is 2.50 bits per heavy atom. The third kappa shape index (κ3) is 5.07. The average Bonchev–Trinajstić information content (AvgIpc) is 3.26. The highest BCUT2D eigenvalue weighted by atomic mass is 32.2. The van der Waals surface area contributed by atoms with Gasteiger partial charge < -0.3 is 13.5 Å². The first-order valence-electron chi connectivity index (χ1n) is 9.43. The van der Waals surface area contributed by atoms with Crippen molar-refractivity contribution in [1.29, 1.82) is 0 Å². The number of benzene rings is 2. The second-order valence-electron chi connectivity index (χ2n) is 6.81. The molecule has 8 heteroatoms. The van der Waals surface area contributed by atoms with E-state index >= 15 is 0 Å². The molecule has 0 fully saturated rings. The first kappa shape index (κ1) is 21.6. The van der Waals surface area contributed by atoms with Gasteiger partial charge in [-0.15, -0.1) is 0 Å². The molecule has 0 aliphatic rings. The molecule has 6 nitrogen and oxygen atoms in total. The number of halogens is 1. The number of hydrogen-bond acceptors (Lipinski definition) is 5. The summed E-state index contributed by atoms with van der Waals surface area (Å²) in [6.07, 6.45) is 2.18. The molecule has 0 aliphatic carbocycles. The smallest absolute Gasteiger partial charge is 0.339 e.